The van der Waals surface area contributed by atoms with Crippen LogP contribution in [0.5, 0.6) is 0 Å². The summed E-state index contributed by atoms with van der Waals surface area (Å²) in [4.78, 5) is 38.7. The topological polar surface area (TPSA) is 93.8 Å². The third kappa shape index (κ3) is 5.74. The Bertz CT molecular complexity index is 785. The lowest BCUT2D eigenvalue weighted by molar-refractivity contribution is -0.704. The molecule has 1 aromatic rings. The Labute approximate surface area is 187 Å². The van der Waals surface area contributed by atoms with Crippen molar-refractivity contribution in [2.24, 2.45) is 5.92 Å². The number of methoxy groups -OCH3 is 1. The molecule has 168 valence electrons. The lowest BCUT2D eigenvalue weighted by Gasteiger charge is -2.31. The maximum absolute atomic E-state index is 13.1. The first-order chi connectivity index (χ1) is 13.7. The fourth-order valence-electron chi connectivity index (χ4n) is 3.68. The van der Waals surface area contributed by atoms with E-state index in [0.717, 1.165) is 12.2 Å². The normalized spacial score (nSPS) is 18.7. The number of aromatic nitrogens is 2. The van der Waals surface area contributed by atoms with E-state index >= 15 is 0 Å². The third-order valence-corrected chi connectivity index (χ3v) is 5.31. The smallest absolute Gasteiger partial charge is 0.416 e. The van der Waals surface area contributed by atoms with Crippen LogP contribution >= 0.6 is 0 Å². The molecule has 30 heavy (non-hydrogen) atoms. The van der Waals surface area contributed by atoms with Crippen LogP contribution in [0.3, 0.4) is 0 Å². The number of fused-ring (bicyclic) bond motifs is 1. The van der Waals surface area contributed by atoms with Gasteiger partial charge in [0.1, 0.15) is 17.8 Å². The van der Waals surface area contributed by atoms with Crippen molar-refractivity contribution in [3.05, 3.63) is 18.2 Å². The van der Waals surface area contributed by atoms with E-state index in [1.54, 1.807) is 31.7 Å². The van der Waals surface area contributed by atoms with Crippen molar-refractivity contribution < 1.29 is 45.4 Å². The van der Waals surface area contributed by atoms with Gasteiger partial charge in [-0.25, -0.2) is 19.0 Å². The van der Waals surface area contributed by atoms with E-state index in [1.807, 2.05) is 10.8 Å². The van der Waals surface area contributed by atoms with Crippen LogP contribution in [0.15, 0.2) is 12.5 Å². The summed E-state index contributed by atoms with van der Waals surface area (Å²) < 4.78 is 13.7. The monoisotopic (exact) mass is 486 g/mol. The molecule has 0 saturated heterocycles. The van der Waals surface area contributed by atoms with E-state index in [0.29, 0.717) is 12.3 Å². The zero-order valence-electron chi connectivity index (χ0n) is 18.0. The number of esters is 1. The molecule has 1 fully saturated rings. The number of rotatable bonds is 6. The number of carbonyl (C=O) groups excluding carboxylic acids is 3. The second kappa shape index (κ2) is 9.80. The van der Waals surface area contributed by atoms with Gasteiger partial charge in [-0.05, 0) is 39.5 Å². The SMILES string of the molecule is COC(=O)[C@@H]1Cc2c[n+](CC3CCC3)cn2C(=O)N1CCNC(=O)OC(C)(C)C.[Br-]. The lowest BCUT2D eigenvalue weighted by atomic mass is 9.85. The van der Waals surface area contributed by atoms with Crippen molar-refractivity contribution in [1.82, 2.24) is 14.8 Å². The van der Waals surface area contributed by atoms with Crippen LogP contribution in [0, 0.1) is 5.92 Å². The first-order valence-corrected chi connectivity index (χ1v) is 10.1. The van der Waals surface area contributed by atoms with E-state index in [2.05, 4.69) is 5.32 Å². The fourth-order valence-corrected chi connectivity index (χ4v) is 3.68. The van der Waals surface area contributed by atoms with Gasteiger partial charge in [-0.3, -0.25) is 4.90 Å². The Morgan fingerprint density at radius 1 is 1.30 bits per heavy atom. The summed E-state index contributed by atoms with van der Waals surface area (Å²) >= 11 is 0. The summed E-state index contributed by atoms with van der Waals surface area (Å²) in [5, 5.41) is 2.63. The molecule has 0 spiro atoms. The van der Waals surface area contributed by atoms with Crippen LogP contribution < -0.4 is 26.9 Å². The van der Waals surface area contributed by atoms with Gasteiger partial charge in [-0.15, -0.1) is 4.57 Å². The number of imidazole rings is 1. The van der Waals surface area contributed by atoms with Crippen LogP contribution in [0.2, 0.25) is 0 Å². The van der Waals surface area contributed by atoms with Crippen molar-refractivity contribution in [3.63, 3.8) is 0 Å². The molecule has 0 bridgehead atoms. The maximum atomic E-state index is 13.1. The van der Waals surface area contributed by atoms with Gasteiger partial charge in [-0.2, -0.15) is 0 Å². The Morgan fingerprint density at radius 3 is 2.57 bits per heavy atom. The second-order valence-corrected chi connectivity index (χ2v) is 8.75. The van der Waals surface area contributed by atoms with E-state index in [4.69, 9.17) is 9.47 Å². The first-order valence-electron chi connectivity index (χ1n) is 10.1. The standard InChI is InChI=1S/C20H30N4O5.BrH/c1-20(2,3)29-18(26)21-8-9-23-16(17(25)28-4)10-15-12-22(11-14-6-5-7-14)13-24(15)19(23)27;/h12-14,16H,5-11H2,1-4H3;1H/t16-;/m0./s1. The van der Waals surface area contributed by atoms with Gasteiger partial charge >= 0.3 is 18.1 Å². The minimum Gasteiger partial charge on any atom is -1.00 e. The minimum absolute atomic E-state index is 0. The number of halogens is 1. The summed E-state index contributed by atoms with van der Waals surface area (Å²) in [6, 6.07) is -1.01. The van der Waals surface area contributed by atoms with Crippen LogP contribution in [0.4, 0.5) is 9.59 Å². The highest BCUT2D eigenvalue weighted by Gasteiger charge is 2.42. The van der Waals surface area contributed by atoms with Crippen molar-refractivity contribution in [2.45, 2.75) is 64.6 Å². The van der Waals surface area contributed by atoms with Gasteiger partial charge < -0.3 is 31.8 Å². The van der Waals surface area contributed by atoms with Crippen molar-refractivity contribution in [1.29, 1.82) is 0 Å². The molecule has 10 heteroatoms. The van der Waals surface area contributed by atoms with Crippen molar-refractivity contribution in [2.75, 3.05) is 20.2 Å². The lowest BCUT2D eigenvalue weighted by Crippen LogP contribution is -3.00. The largest absolute Gasteiger partial charge is 1.00 e. The van der Waals surface area contributed by atoms with Crippen LogP contribution in [-0.4, -0.2) is 59.4 Å². The number of hydrogen-bond donors (Lipinski definition) is 1. The second-order valence-electron chi connectivity index (χ2n) is 8.75. The highest BCUT2D eigenvalue weighted by Crippen LogP contribution is 2.26. The van der Waals surface area contributed by atoms with Crippen LogP contribution in [0.25, 0.3) is 0 Å². The molecule has 9 nitrogen and oxygen atoms in total. The van der Waals surface area contributed by atoms with Gasteiger partial charge in [0.2, 0.25) is 0 Å². The number of carbonyl (C=O) groups is 3. The molecule has 2 amide bonds. The Balaban J connectivity index is 0.00000320. The first kappa shape index (κ1) is 24.2. The molecule has 0 radical (unpaired) electrons. The number of alkyl carbamates (subject to hydrolysis) is 1. The average molecular weight is 487 g/mol. The highest BCUT2D eigenvalue weighted by atomic mass is 79.9. The summed E-state index contributed by atoms with van der Waals surface area (Å²) in [6.07, 6.45) is 7.27. The molecule has 0 unspecified atom stereocenters. The molecule has 1 aliphatic carbocycles. The van der Waals surface area contributed by atoms with Gasteiger partial charge in [0.15, 0.2) is 5.69 Å². The van der Waals surface area contributed by atoms with Gasteiger partial charge in [-0.1, -0.05) is 6.42 Å². The fraction of sp³-hybridized carbons (Fsp3) is 0.700. The summed E-state index contributed by atoms with van der Waals surface area (Å²) in [5.74, 6) is 0.193. The van der Waals surface area contributed by atoms with E-state index in [-0.39, 0.29) is 36.1 Å². The molecule has 1 atom stereocenters. The van der Waals surface area contributed by atoms with Gasteiger partial charge in [0, 0.05) is 19.5 Å². The van der Waals surface area contributed by atoms with Gasteiger partial charge in [0.05, 0.1) is 13.7 Å². The van der Waals surface area contributed by atoms with Crippen molar-refractivity contribution >= 4 is 18.1 Å². The van der Waals surface area contributed by atoms with E-state index < -0.39 is 23.7 Å². The summed E-state index contributed by atoms with van der Waals surface area (Å²) in [6.45, 7) is 6.57. The van der Waals surface area contributed by atoms with E-state index in [1.165, 1.54) is 31.3 Å². The maximum Gasteiger partial charge on any atom is 0.416 e. The van der Waals surface area contributed by atoms with Crippen LogP contribution in [0.1, 0.15) is 45.7 Å². The van der Waals surface area contributed by atoms with Gasteiger partial charge in [0.25, 0.3) is 6.33 Å². The summed E-state index contributed by atoms with van der Waals surface area (Å²) in [7, 11) is 1.31. The predicted octanol–water partition coefficient (Wildman–Crippen LogP) is -1.53. The molecule has 1 aliphatic heterocycles. The molecular formula is C20H31BrN4O5. The Kier molecular flexibility index (Phi) is 7.90. The minimum atomic E-state index is -0.715. The molecule has 1 N–H and O–H groups in total. The Hall–Kier alpha value is -2.10. The number of hydrogen-bond acceptors (Lipinski definition) is 5. The molecule has 1 aromatic heterocycles. The zero-order chi connectivity index (χ0) is 21.2. The number of nitrogens with one attached hydrogen (secondary N) is 1. The quantitative estimate of drug-likeness (QED) is 0.389. The van der Waals surface area contributed by atoms with Crippen molar-refractivity contribution in [3.8, 4) is 0 Å². The average Bonchev–Trinajstić information content (AvgIpc) is 3.01. The molecule has 2 aliphatic rings. The van der Waals surface area contributed by atoms with E-state index in [9.17, 15) is 14.4 Å². The molecule has 2 heterocycles. The molecule has 1 saturated carbocycles. The number of nitrogens with zero attached hydrogens (tertiary/aromatic N) is 3. The number of ether oxygens (including phenoxy) is 2. The third-order valence-electron chi connectivity index (χ3n) is 5.31. The number of amides is 2. The highest BCUT2D eigenvalue weighted by molar-refractivity contribution is 5.87. The molecule has 3 rings (SSSR count). The molecule has 0 aromatic carbocycles. The zero-order valence-corrected chi connectivity index (χ0v) is 19.6. The van der Waals surface area contributed by atoms with Crippen LogP contribution in [-0.2, 0) is 27.2 Å². The molecular weight excluding hydrogens is 456 g/mol. The summed E-state index contributed by atoms with van der Waals surface area (Å²) in [5.41, 5.74) is 0.189. The Morgan fingerprint density at radius 2 is 2.00 bits per heavy atom. The predicted molar refractivity (Wildman–Crippen MR) is 103 cm³/mol.